The number of benzene rings is 3. The second kappa shape index (κ2) is 10.8. The molecule has 0 radical (unpaired) electrons. The Kier molecular flexibility index (Phi) is 7.18. The predicted molar refractivity (Wildman–Crippen MR) is 143 cm³/mol. The molecule has 0 saturated carbocycles. The average molecular weight is 485 g/mol. The number of hydrogen-bond acceptors (Lipinski definition) is 5. The van der Waals surface area contributed by atoms with E-state index in [2.05, 4.69) is 10.2 Å². The third-order valence-corrected chi connectivity index (χ3v) is 6.79. The lowest BCUT2D eigenvalue weighted by molar-refractivity contribution is -0.117. The van der Waals surface area contributed by atoms with Crippen molar-refractivity contribution in [2.75, 3.05) is 42.2 Å². The summed E-state index contributed by atoms with van der Waals surface area (Å²) in [5.74, 6) is 0.255. The summed E-state index contributed by atoms with van der Waals surface area (Å²) in [7, 11) is 0. The Morgan fingerprint density at radius 3 is 2.50 bits per heavy atom. The largest absolute Gasteiger partial charge is 0.491 e. The monoisotopic (exact) mass is 484 g/mol. The smallest absolute Gasteiger partial charge is 0.257 e. The molecule has 1 saturated heterocycles. The number of carbonyl (C=O) groups excluding carboxylic acids is 2. The van der Waals surface area contributed by atoms with Crippen LogP contribution in [-0.2, 0) is 11.2 Å². The van der Waals surface area contributed by atoms with Gasteiger partial charge < -0.3 is 20.7 Å². The fraction of sp³-hybridized carbons (Fsp3) is 0.310. The summed E-state index contributed by atoms with van der Waals surface area (Å²) in [6.45, 7) is 4.02. The van der Waals surface area contributed by atoms with E-state index in [-0.39, 0.29) is 18.2 Å². The minimum absolute atomic E-state index is 0.135. The summed E-state index contributed by atoms with van der Waals surface area (Å²) >= 11 is 0. The Balaban J connectivity index is 1.28. The maximum atomic E-state index is 13.6. The van der Waals surface area contributed by atoms with Gasteiger partial charge in [0.15, 0.2) is 0 Å². The van der Waals surface area contributed by atoms with Crippen molar-refractivity contribution in [3.05, 3.63) is 77.9 Å². The highest BCUT2D eigenvalue weighted by Crippen LogP contribution is 2.38. The molecule has 0 unspecified atom stereocenters. The Morgan fingerprint density at radius 2 is 1.69 bits per heavy atom. The van der Waals surface area contributed by atoms with Gasteiger partial charge in [0.25, 0.3) is 5.91 Å². The van der Waals surface area contributed by atoms with Crippen molar-refractivity contribution >= 4 is 34.6 Å². The zero-order valence-corrected chi connectivity index (χ0v) is 20.4. The topological polar surface area (TPSA) is 87.9 Å². The van der Waals surface area contributed by atoms with Crippen LogP contribution in [0.15, 0.2) is 66.7 Å². The highest BCUT2D eigenvalue weighted by molar-refractivity contribution is 6.17. The molecule has 2 aliphatic heterocycles. The van der Waals surface area contributed by atoms with Crippen LogP contribution in [0, 0.1) is 0 Å². The van der Waals surface area contributed by atoms with Gasteiger partial charge in [0.1, 0.15) is 5.75 Å². The van der Waals surface area contributed by atoms with Crippen molar-refractivity contribution in [1.29, 1.82) is 0 Å². The van der Waals surface area contributed by atoms with Crippen molar-refractivity contribution in [2.45, 2.75) is 32.1 Å². The van der Waals surface area contributed by atoms with Crippen LogP contribution in [0.1, 0.15) is 41.6 Å². The zero-order valence-electron chi connectivity index (χ0n) is 20.4. The van der Waals surface area contributed by atoms with Gasteiger partial charge in [-0.1, -0.05) is 36.8 Å². The quantitative estimate of drug-likeness (QED) is 0.364. The van der Waals surface area contributed by atoms with Crippen LogP contribution in [0.2, 0.25) is 0 Å². The molecule has 3 aromatic rings. The molecule has 7 nitrogen and oxygen atoms in total. The second-order valence-corrected chi connectivity index (χ2v) is 9.37. The number of piperidine rings is 1. The lowest BCUT2D eigenvalue weighted by Gasteiger charge is -2.26. The summed E-state index contributed by atoms with van der Waals surface area (Å²) in [4.78, 5) is 30.5. The zero-order chi connectivity index (χ0) is 24.9. The van der Waals surface area contributed by atoms with E-state index in [9.17, 15) is 9.59 Å². The molecule has 2 heterocycles. The Labute approximate surface area is 211 Å². The maximum Gasteiger partial charge on any atom is 0.257 e. The van der Waals surface area contributed by atoms with Crippen LogP contribution < -0.4 is 20.7 Å². The first-order valence-corrected chi connectivity index (χ1v) is 12.7. The number of carbonyl (C=O) groups is 2. The number of anilines is 4. The third kappa shape index (κ3) is 5.21. The van der Waals surface area contributed by atoms with Gasteiger partial charge in [-0.15, -0.1) is 0 Å². The number of likely N-dealkylation sites (tertiary alicyclic amines) is 1. The SMILES string of the molecule is Nc1cc(CC(=O)N2c3ccccc3NC(=O)c3ccccc32)ccc1OCCCN1CCCCC1. The van der Waals surface area contributed by atoms with E-state index in [0.717, 1.165) is 18.5 Å². The molecule has 0 aromatic heterocycles. The number of para-hydroxylation sites is 3. The van der Waals surface area contributed by atoms with E-state index >= 15 is 0 Å². The first-order chi connectivity index (χ1) is 17.6. The molecule has 2 aliphatic rings. The molecule has 0 bridgehead atoms. The van der Waals surface area contributed by atoms with Crippen LogP contribution >= 0.6 is 0 Å². The Hall–Kier alpha value is -3.84. The highest BCUT2D eigenvalue weighted by atomic mass is 16.5. The normalized spacial score (nSPS) is 15.4. The van der Waals surface area contributed by atoms with E-state index in [0.29, 0.717) is 40.7 Å². The van der Waals surface area contributed by atoms with Crippen molar-refractivity contribution in [1.82, 2.24) is 4.90 Å². The first kappa shape index (κ1) is 23.9. The molecular weight excluding hydrogens is 452 g/mol. The van der Waals surface area contributed by atoms with Gasteiger partial charge in [0.2, 0.25) is 5.91 Å². The van der Waals surface area contributed by atoms with Crippen LogP contribution in [0.5, 0.6) is 5.75 Å². The van der Waals surface area contributed by atoms with Crippen LogP contribution in [0.4, 0.5) is 22.7 Å². The molecule has 36 heavy (non-hydrogen) atoms. The lowest BCUT2D eigenvalue weighted by Crippen LogP contribution is -2.31. The molecule has 3 N–H and O–H groups in total. The van der Waals surface area contributed by atoms with Gasteiger partial charge in [0.05, 0.1) is 41.3 Å². The van der Waals surface area contributed by atoms with Gasteiger partial charge in [-0.25, -0.2) is 0 Å². The predicted octanol–water partition coefficient (Wildman–Crippen LogP) is 5.00. The molecule has 0 aliphatic carbocycles. The minimum atomic E-state index is -0.237. The molecule has 5 rings (SSSR count). The van der Waals surface area contributed by atoms with Crippen molar-refractivity contribution in [2.24, 2.45) is 0 Å². The fourth-order valence-electron chi connectivity index (χ4n) is 4.97. The van der Waals surface area contributed by atoms with Crippen molar-refractivity contribution in [3.8, 4) is 5.75 Å². The molecule has 2 amide bonds. The van der Waals surface area contributed by atoms with E-state index < -0.39 is 0 Å². The first-order valence-electron chi connectivity index (χ1n) is 12.7. The third-order valence-electron chi connectivity index (χ3n) is 6.79. The molecule has 7 heteroatoms. The van der Waals surface area contributed by atoms with Gasteiger partial charge in [-0.05, 0) is 74.3 Å². The number of rotatable bonds is 7. The van der Waals surface area contributed by atoms with E-state index in [1.54, 1.807) is 35.2 Å². The summed E-state index contributed by atoms with van der Waals surface area (Å²) in [6.07, 6.45) is 5.01. The Bertz CT molecular complexity index is 1250. The lowest BCUT2D eigenvalue weighted by atomic mass is 10.1. The van der Waals surface area contributed by atoms with Gasteiger partial charge in [0, 0.05) is 6.54 Å². The molecular formula is C29H32N4O3. The molecule has 1 fully saturated rings. The van der Waals surface area contributed by atoms with Gasteiger partial charge in [-0.3, -0.25) is 14.5 Å². The van der Waals surface area contributed by atoms with Crippen LogP contribution in [0.25, 0.3) is 0 Å². The molecule has 3 aromatic carbocycles. The summed E-state index contributed by atoms with van der Waals surface area (Å²) < 4.78 is 5.93. The number of amides is 2. The number of nitrogens with one attached hydrogen (secondary N) is 1. The standard InChI is InChI=1S/C29H32N4O3/c30-23-19-21(13-14-27(23)36-18-8-17-32-15-6-1-7-16-32)20-28(34)33-25-11-4-2-9-22(25)29(35)31-24-10-3-5-12-26(24)33/h2-5,9-14,19H,1,6-8,15-18,20,30H2,(H,31,35). The maximum absolute atomic E-state index is 13.6. The van der Waals surface area contributed by atoms with Crippen LogP contribution in [-0.4, -0.2) is 43.0 Å². The fourth-order valence-corrected chi connectivity index (χ4v) is 4.97. The summed E-state index contributed by atoms with van der Waals surface area (Å²) in [6, 6.07) is 20.0. The molecule has 186 valence electrons. The number of nitrogens with zero attached hydrogens (tertiary/aromatic N) is 2. The van der Waals surface area contributed by atoms with Crippen molar-refractivity contribution in [3.63, 3.8) is 0 Å². The molecule has 0 atom stereocenters. The number of nitrogen functional groups attached to an aromatic ring is 1. The van der Waals surface area contributed by atoms with E-state index in [1.807, 2.05) is 36.4 Å². The van der Waals surface area contributed by atoms with Crippen LogP contribution in [0.3, 0.4) is 0 Å². The second-order valence-electron chi connectivity index (χ2n) is 9.37. The number of ether oxygens (including phenoxy) is 1. The summed E-state index contributed by atoms with van der Waals surface area (Å²) in [5.41, 5.74) is 9.84. The highest BCUT2D eigenvalue weighted by Gasteiger charge is 2.29. The van der Waals surface area contributed by atoms with Gasteiger partial charge >= 0.3 is 0 Å². The van der Waals surface area contributed by atoms with Crippen molar-refractivity contribution < 1.29 is 14.3 Å². The average Bonchev–Trinajstić information content (AvgIpc) is 3.02. The minimum Gasteiger partial charge on any atom is -0.491 e. The number of nitrogens with two attached hydrogens (primary N) is 1. The molecule has 0 spiro atoms. The number of fused-ring (bicyclic) bond motifs is 2. The van der Waals surface area contributed by atoms with E-state index in [1.165, 1.54) is 32.4 Å². The van der Waals surface area contributed by atoms with Gasteiger partial charge in [-0.2, -0.15) is 0 Å². The number of hydrogen-bond donors (Lipinski definition) is 2. The van der Waals surface area contributed by atoms with E-state index in [4.69, 9.17) is 10.5 Å². The summed E-state index contributed by atoms with van der Waals surface area (Å²) in [5, 5.41) is 2.92. The Morgan fingerprint density at radius 1 is 0.944 bits per heavy atom.